The Labute approximate surface area is 182 Å². The molecule has 2 aliphatic rings. The summed E-state index contributed by atoms with van der Waals surface area (Å²) in [6, 6.07) is 12.5. The number of esters is 1. The van der Waals surface area contributed by atoms with Crippen LogP contribution in [0.3, 0.4) is 0 Å². The van der Waals surface area contributed by atoms with Crippen LogP contribution in [0, 0.1) is 16.0 Å². The lowest BCUT2D eigenvalue weighted by Crippen LogP contribution is -2.46. The van der Waals surface area contributed by atoms with Gasteiger partial charge in [-0.2, -0.15) is 0 Å². The first-order chi connectivity index (χ1) is 14.9. The first kappa shape index (κ1) is 19.5. The molecule has 0 saturated heterocycles. The van der Waals surface area contributed by atoms with Crippen molar-refractivity contribution in [3.05, 3.63) is 78.8 Å². The maximum atomic E-state index is 13.2. The van der Waals surface area contributed by atoms with E-state index in [1.165, 1.54) is 24.3 Å². The van der Waals surface area contributed by atoms with Crippen molar-refractivity contribution < 1.29 is 19.2 Å². The molecule has 0 bridgehead atoms. The predicted molar refractivity (Wildman–Crippen MR) is 114 cm³/mol. The van der Waals surface area contributed by atoms with Crippen molar-refractivity contribution >= 4 is 46.3 Å². The third kappa shape index (κ3) is 3.31. The molecule has 3 atom stereocenters. The number of nitro benzene ring substituents is 1. The molecule has 0 radical (unpaired) electrons. The Kier molecular flexibility index (Phi) is 4.63. The number of nitrogens with zero attached hydrogens (tertiary/aromatic N) is 1. The zero-order valence-electron chi connectivity index (χ0n) is 15.6. The van der Waals surface area contributed by atoms with E-state index in [0.717, 1.165) is 28.7 Å². The van der Waals surface area contributed by atoms with Crippen LogP contribution in [0.4, 0.5) is 11.4 Å². The number of nitro groups is 1. The van der Waals surface area contributed by atoms with Crippen molar-refractivity contribution in [2.75, 3.05) is 5.32 Å². The lowest BCUT2D eigenvalue weighted by molar-refractivity contribution is -0.384. The van der Waals surface area contributed by atoms with Crippen molar-refractivity contribution in [1.82, 2.24) is 4.98 Å². The number of amides is 1. The van der Waals surface area contributed by atoms with Gasteiger partial charge in [-0.05, 0) is 18.2 Å². The van der Waals surface area contributed by atoms with E-state index in [0.29, 0.717) is 21.3 Å². The molecule has 31 heavy (non-hydrogen) atoms. The molecule has 3 aromatic rings. The number of carbonyl (C=O) groups excluding carboxylic acids is 2. The minimum Gasteiger partial charge on any atom is -0.426 e. The number of aromatic amines is 1. The van der Waals surface area contributed by atoms with Gasteiger partial charge in [-0.3, -0.25) is 24.5 Å². The number of aromatic nitrogens is 1. The maximum Gasteiger partial charge on any atom is 0.317 e. The van der Waals surface area contributed by atoms with E-state index in [9.17, 15) is 24.5 Å². The van der Waals surface area contributed by atoms with E-state index >= 15 is 0 Å². The average Bonchev–Trinajstić information content (AvgIpc) is 3.13. The van der Waals surface area contributed by atoms with Crippen LogP contribution in [0.5, 0.6) is 5.75 Å². The van der Waals surface area contributed by atoms with Crippen molar-refractivity contribution in [2.45, 2.75) is 16.2 Å². The Hall–Kier alpha value is -3.44. The minimum atomic E-state index is -0.862. The number of fused-ring (bicyclic) bond motifs is 5. The monoisotopic (exact) mass is 455 g/mol. The summed E-state index contributed by atoms with van der Waals surface area (Å²) in [4.78, 5) is 51.6. The van der Waals surface area contributed by atoms with Gasteiger partial charge in [0.2, 0.25) is 5.91 Å². The smallest absolute Gasteiger partial charge is 0.317 e. The van der Waals surface area contributed by atoms with Crippen LogP contribution in [0.1, 0.15) is 16.4 Å². The van der Waals surface area contributed by atoms with Gasteiger partial charge >= 0.3 is 10.8 Å². The van der Waals surface area contributed by atoms with E-state index < -0.39 is 33.9 Å². The fraction of sp³-hybridized carbons (Fsp3) is 0.150. The van der Waals surface area contributed by atoms with E-state index in [-0.39, 0.29) is 10.6 Å². The Morgan fingerprint density at radius 2 is 1.87 bits per heavy atom. The van der Waals surface area contributed by atoms with Crippen LogP contribution in [-0.2, 0) is 9.59 Å². The molecular formula is C20H13N3O6S2. The number of nitrogens with one attached hydrogen (secondary N) is 2. The Morgan fingerprint density at radius 1 is 1.13 bits per heavy atom. The number of ether oxygens (including phenoxy) is 1. The van der Waals surface area contributed by atoms with Gasteiger partial charge in [-0.25, -0.2) is 0 Å². The molecule has 0 saturated carbocycles. The molecule has 1 aromatic heterocycles. The summed E-state index contributed by atoms with van der Waals surface area (Å²) >= 11 is 2.14. The molecule has 0 aliphatic carbocycles. The van der Waals surface area contributed by atoms with Crippen LogP contribution in [-0.4, -0.2) is 27.0 Å². The van der Waals surface area contributed by atoms with Gasteiger partial charge in [0.25, 0.3) is 5.69 Å². The summed E-state index contributed by atoms with van der Waals surface area (Å²) in [5.41, 5.74) is 1.01. The molecule has 2 N–H and O–H groups in total. The van der Waals surface area contributed by atoms with Crippen molar-refractivity contribution in [3.8, 4) is 5.75 Å². The zero-order chi connectivity index (χ0) is 21.7. The number of thioether (sulfide) groups is 1. The van der Waals surface area contributed by atoms with Gasteiger partial charge in [-0.1, -0.05) is 41.3 Å². The number of carbonyl (C=O) groups is 2. The summed E-state index contributed by atoms with van der Waals surface area (Å²) in [5, 5.41) is 13.2. The molecular weight excluding hydrogens is 442 g/mol. The highest BCUT2D eigenvalue weighted by Gasteiger charge is 2.51. The first-order valence-corrected chi connectivity index (χ1v) is 10.9. The fourth-order valence-electron chi connectivity index (χ4n) is 3.85. The molecule has 1 amide bonds. The summed E-state index contributed by atoms with van der Waals surface area (Å²) in [6.07, 6.45) is 0. The van der Waals surface area contributed by atoms with E-state index in [4.69, 9.17) is 4.74 Å². The summed E-state index contributed by atoms with van der Waals surface area (Å²) < 4.78 is 5.50. The molecule has 2 aromatic carbocycles. The van der Waals surface area contributed by atoms with Crippen LogP contribution < -0.4 is 14.9 Å². The van der Waals surface area contributed by atoms with Crippen LogP contribution in [0.2, 0.25) is 0 Å². The number of thiazole rings is 1. The van der Waals surface area contributed by atoms with E-state index in [2.05, 4.69) is 10.3 Å². The van der Waals surface area contributed by atoms with Gasteiger partial charge in [0.1, 0.15) is 11.0 Å². The molecule has 156 valence electrons. The highest BCUT2D eigenvalue weighted by molar-refractivity contribution is 8.00. The number of hydrogen-bond donors (Lipinski definition) is 2. The van der Waals surface area contributed by atoms with Crippen molar-refractivity contribution in [3.63, 3.8) is 0 Å². The number of para-hydroxylation sites is 1. The first-order valence-electron chi connectivity index (χ1n) is 9.18. The van der Waals surface area contributed by atoms with Gasteiger partial charge in [0.15, 0.2) is 0 Å². The summed E-state index contributed by atoms with van der Waals surface area (Å²) in [6.45, 7) is 0. The highest BCUT2D eigenvalue weighted by Crippen LogP contribution is 2.53. The Morgan fingerprint density at radius 3 is 2.61 bits per heavy atom. The third-order valence-corrected chi connectivity index (χ3v) is 7.61. The van der Waals surface area contributed by atoms with Gasteiger partial charge < -0.3 is 15.0 Å². The summed E-state index contributed by atoms with van der Waals surface area (Å²) in [7, 11) is 0. The van der Waals surface area contributed by atoms with Crippen molar-refractivity contribution in [2.24, 2.45) is 5.92 Å². The van der Waals surface area contributed by atoms with E-state index in [1.54, 1.807) is 12.1 Å². The normalized spacial score (nSPS) is 21.3. The number of non-ortho nitro benzene ring substituents is 1. The SMILES string of the molecule is O=C1Oc2ccccc2[C@@H]2c3sc(=O)[nH]c3S[C@@H](C(=O)Nc3ccc([N+](=O)[O-])cc3)[C@@H]12. The van der Waals surface area contributed by atoms with Gasteiger partial charge in [0.05, 0.1) is 15.9 Å². The molecule has 9 nitrogen and oxygen atoms in total. The van der Waals surface area contributed by atoms with Crippen LogP contribution >= 0.6 is 23.1 Å². The van der Waals surface area contributed by atoms with Gasteiger partial charge in [-0.15, -0.1) is 0 Å². The predicted octanol–water partition coefficient (Wildman–Crippen LogP) is 3.12. The molecule has 2 aliphatic heterocycles. The van der Waals surface area contributed by atoms with Crippen LogP contribution in [0.25, 0.3) is 0 Å². The standard InChI is InChI=1S/C20H13N3O6S2/c24-17(21-9-5-7-10(8-6-9)23(27)28)15-14-13(16-18(30-15)22-20(26)31-16)11-3-1-2-4-12(11)29-19(14)25/h1-8,13-15H,(H,21,24)(H,22,26)/t13-,14-,15+/m0/s1. The zero-order valence-corrected chi connectivity index (χ0v) is 17.2. The fourth-order valence-corrected chi connectivity index (χ4v) is 6.31. The average molecular weight is 455 g/mol. The quantitative estimate of drug-likeness (QED) is 0.268. The summed E-state index contributed by atoms with van der Waals surface area (Å²) in [5.74, 6) is -1.88. The van der Waals surface area contributed by atoms with E-state index in [1.807, 2.05) is 12.1 Å². The maximum absolute atomic E-state index is 13.2. The van der Waals surface area contributed by atoms with Crippen LogP contribution in [0.15, 0.2) is 58.4 Å². The molecule has 0 fully saturated rings. The lowest BCUT2D eigenvalue weighted by atomic mass is 9.80. The number of anilines is 1. The second-order valence-corrected chi connectivity index (χ2v) is 9.17. The Bertz CT molecular complexity index is 1280. The second kappa shape index (κ2) is 7.36. The topological polar surface area (TPSA) is 131 Å². The molecule has 11 heteroatoms. The largest absolute Gasteiger partial charge is 0.426 e. The number of benzene rings is 2. The Balaban J connectivity index is 1.52. The molecule has 3 heterocycles. The molecule has 0 unspecified atom stereocenters. The molecule has 0 spiro atoms. The third-order valence-electron chi connectivity index (χ3n) is 5.20. The second-order valence-electron chi connectivity index (χ2n) is 7.00. The van der Waals surface area contributed by atoms with Crippen molar-refractivity contribution in [1.29, 1.82) is 0 Å². The highest BCUT2D eigenvalue weighted by atomic mass is 32.2. The van der Waals surface area contributed by atoms with Gasteiger partial charge in [0, 0.05) is 34.2 Å². The number of hydrogen-bond acceptors (Lipinski definition) is 8. The minimum absolute atomic E-state index is 0.0990. The number of H-pyrrole nitrogens is 1. The molecule has 5 rings (SSSR count). The lowest BCUT2D eigenvalue weighted by Gasteiger charge is -2.38. The number of rotatable bonds is 3.